The molecule has 1 aliphatic carbocycles. The number of hydrogen-bond donors (Lipinski definition) is 11. The highest BCUT2D eigenvalue weighted by Crippen LogP contribution is 2.42. The number of aliphatic hydroxyl groups is 4. The van der Waals surface area contributed by atoms with Gasteiger partial charge in [0.15, 0.2) is 12.2 Å². The molecule has 1 saturated carbocycles. The summed E-state index contributed by atoms with van der Waals surface area (Å²) < 4.78 is 36.2. The van der Waals surface area contributed by atoms with Gasteiger partial charge in [0.2, 0.25) is 0 Å². The molecule has 0 bridgehead atoms. The zero-order chi connectivity index (χ0) is 60.9. The molecule has 0 radical (unpaired) electrons. The molecule has 1 saturated heterocycles. The topological polar surface area (TPSA) is 401 Å². The molecule has 5 rings (SSSR count). The molecular formula is C54H79N9O18S. The van der Waals surface area contributed by atoms with Gasteiger partial charge in [-0.15, -0.1) is 0 Å². The highest BCUT2D eigenvalue weighted by atomic mass is 32.2. The maximum absolute atomic E-state index is 14.0. The number of carbonyl (C=O) groups excluding carboxylic acids is 4. The Balaban J connectivity index is 1.52. The summed E-state index contributed by atoms with van der Waals surface area (Å²) in [6.45, 7) is 16.8. The summed E-state index contributed by atoms with van der Waals surface area (Å²) in [5.41, 5.74) is 3.82. The number of nitrogens with one attached hydrogen (secondary N) is 6. The number of esters is 1. The predicted molar refractivity (Wildman–Crippen MR) is 298 cm³/mol. The molecule has 2 aromatic carbocycles. The number of non-ortho nitro benzene ring substituents is 2. The molecule has 12 N–H and O–H groups in total. The van der Waals surface area contributed by atoms with Crippen molar-refractivity contribution in [2.75, 3.05) is 26.2 Å². The van der Waals surface area contributed by atoms with Crippen LogP contribution in [-0.4, -0.2) is 158 Å². The number of hydrogen-bond acceptors (Lipinski definition) is 22. The molecule has 12 atom stereocenters. The highest BCUT2D eigenvalue weighted by Gasteiger charge is 2.52. The SMILES string of the molecule is C=C(NC1CC(NC(=O)[C@@H](O)CNC(=O)OC(C)(C)C)[C@H](OC2OCC(C)(C)[C@H](CC(=O)OC(C)(C)C)C2O)[C@@H](O)[C@@H]1C[C@H]1OC(CNCC(O)C(=N)N)=CC[C@H]1NC(=O)SCc1ccc([N+](=O)[O-])cc1)OCc1ccc([N+](=O)[O-])cc1. The minimum Gasteiger partial charge on any atom is -0.492 e. The van der Waals surface area contributed by atoms with E-state index in [-0.39, 0.29) is 75.0 Å². The van der Waals surface area contributed by atoms with E-state index in [9.17, 15) is 59.8 Å². The standard InChI is InChI=1S/C54H79N9O18S/c1-29(76-26-30-10-14-32(15-11-30)62(72)73)59-38-22-39(60-48(69)41(65)25-58-50(70)81-53(5,6)7)46(79-49-45(68)36(54(8,9)28-77-49)21-43(66)80-52(2,3)4)44(67)35(38)20-42-37(19-18-34(78-42)23-57-24-40(64)47(55)56)61-51(71)82-27-31-12-16-33(17-13-31)63(74)75/h10-18,35-42,44-46,49,57,59,64-65,67-68H,1,19-28H2,2-9H3,(H3,55,56)(H,58,70)(H,60,69)(H,61,71)/t35-,36-,37-,38?,39?,40?,41+,42-,44+,45?,46+,49?/m1/s1. The van der Waals surface area contributed by atoms with E-state index in [1.807, 2.05) is 0 Å². The average Bonchev–Trinajstić information content (AvgIpc) is 3.48. The van der Waals surface area contributed by atoms with Crippen molar-refractivity contribution in [3.05, 3.63) is 104 Å². The largest absolute Gasteiger partial charge is 0.492 e. The third-order valence-electron chi connectivity index (χ3n) is 13.7. The number of benzene rings is 2. The van der Waals surface area contributed by atoms with Gasteiger partial charge in [0.25, 0.3) is 22.5 Å². The Labute approximate surface area is 479 Å². The Hall–Kier alpha value is -6.66. The lowest BCUT2D eigenvalue weighted by Crippen LogP contribution is -2.66. The van der Waals surface area contributed by atoms with Crippen molar-refractivity contribution in [2.45, 2.75) is 166 Å². The summed E-state index contributed by atoms with van der Waals surface area (Å²) in [6.07, 6.45) is -9.87. The molecule has 3 amide bonds. The molecule has 3 aliphatic rings. The normalized spacial score (nSPS) is 25.1. The number of nitrogens with two attached hydrogens (primary N) is 1. The van der Waals surface area contributed by atoms with E-state index in [1.165, 1.54) is 48.5 Å². The van der Waals surface area contributed by atoms with Crippen molar-refractivity contribution in [3.8, 4) is 0 Å². The van der Waals surface area contributed by atoms with Gasteiger partial charge in [0.1, 0.15) is 59.9 Å². The van der Waals surface area contributed by atoms with Crippen LogP contribution in [0.2, 0.25) is 0 Å². The van der Waals surface area contributed by atoms with Gasteiger partial charge in [0, 0.05) is 54.4 Å². The van der Waals surface area contributed by atoms with Crippen LogP contribution in [0.4, 0.5) is 21.0 Å². The van der Waals surface area contributed by atoms with Crippen LogP contribution < -0.4 is 32.3 Å². The second-order valence-corrected chi connectivity index (χ2v) is 24.0. The lowest BCUT2D eigenvalue weighted by molar-refractivity contribution is -0.385. The number of amides is 3. The second-order valence-electron chi connectivity index (χ2n) is 23.1. The molecule has 28 heteroatoms. The number of amidine groups is 1. The Kier molecular flexibility index (Phi) is 23.4. The number of thioether (sulfide) groups is 1. The van der Waals surface area contributed by atoms with E-state index in [0.29, 0.717) is 16.9 Å². The van der Waals surface area contributed by atoms with E-state index < -0.39 is 135 Å². The van der Waals surface area contributed by atoms with Crippen LogP contribution in [0.25, 0.3) is 0 Å². The van der Waals surface area contributed by atoms with Crippen LogP contribution >= 0.6 is 11.8 Å². The van der Waals surface area contributed by atoms with E-state index in [1.54, 1.807) is 61.5 Å². The van der Waals surface area contributed by atoms with Gasteiger partial charge >= 0.3 is 12.1 Å². The minimum atomic E-state index is -1.88. The molecule has 0 spiro atoms. The van der Waals surface area contributed by atoms with Crippen LogP contribution in [-0.2, 0) is 50.4 Å². The number of nitro benzene ring substituents is 2. The lowest BCUT2D eigenvalue weighted by atomic mass is 9.72. The molecule has 2 aromatic rings. The zero-order valence-electron chi connectivity index (χ0n) is 47.3. The highest BCUT2D eigenvalue weighted by molar-refractivity contribution is 8.12. The summed E-state index contributed by atoms with van der Waals surface area (Å²) in [6, 6.07) is 8.33. The lowest BCUT2D eigenvalue weighted by Gasteiger charge is -2.50. The first kappa shape index (κ1) is 66.1. The summed E-state index contributed by atoms with van der Waals surface area (Å²) in [5.74, 6) is -3.44. The van der Waals surface area contributed by atoms with Crippen molar-refractivity contribution in [2.24, 2.45) is 23.0 Å². The number of ether oxygens (including phenoxy) is 6. The molecule has 2 heterocycles. The number of rotatable bonds is 25. The number of alkyl carbamates (subject to hydrolysis) is 1. The first-order chi connectivity index (χ1) is 38.3. The van der Waals surface area contributed by atoms with Crippen LogP contribution in [0.1, 0.15) is 92.2 Å². The smallest absolute Gasteiger partial charge is 0.407 e. The van der Waals surface area contributed by atoms with Crippen molar-refractivity contribution in [3.63, 3.8) is 0 Å². The maximum atomic E-state index is 14.0. The summed E-state index contributed by atoms with van der Waals surface area (Å²) in [4.78, 5) is 75.1. The third kappa shape index (κ3) is 20.3. The van der Waals surface area contributed by atoms with Gasteiger partial charge in [-0.05, 0) is 102 Å². The van der Waals surface area contributed by atoms with Gasteiger partial charge in [0.05, 0.1) is 54.2 Å². The predicted octanol–water partition coefficient (Wildman–Crippen LogP) is 3.64. The van der Waals surface area contributed by atoms with Gasteiger partial charge < -0.3 is 81.2 Å². The zero-order valence-corrected chi connectivity index (χ0v) is 48.1. The number of nitro groups is 2. The minimum absolute atomic E-state index is 0.0290. The maximum Gasteiger partial charge on any atom is 0.407 e. The molecule has 2 aliphatic heterocycles. The van der Waals surface area contributed by atoms with E-state index in [4.69, 9.17) is 39.6 Å². The van der Waals surface area contributed by atoms with Gasteiger partial charge in [-0.25, -0.2) is 4.79 Å². The fourth-order valence-corrected chi connectivity index (χ4v) is 10.2. The van der Waals surface area contributed by atoms with Gasteiger partial charge in [-0.2, -0.15) is 0 Å². The Morgan fingerprint density at radius 1 is 0.866 bits per heavy atom. The summed E-state index contributed by atoms with van der Waals surface area (Å²) in [7, 11) is 0. The Bertz CT molecular complexity index is 2600. The molecular weight excluding hydrogens is 1090 g/mol. The number of carbonyl (C=O) groups is 4. The van der Waals surface area contributed by atoms with Gasteiger partial charge in [-0.3, -0.25) is 40.0 Å². The molecule has 454 valence electrons. The Morgan fingerprint density at radius 3 is 2.06 bits per heavy atom. The van der Waals surface area contributed by atoms with Crippen LogP contribution in [0.3, 0.4) is 0 Å². The molecule has 27 nitrogen and oxygen atoms in total. The summed E-state index contributed by atoms with van der Waals surface area (Å²) >= 11 is 0.894. The fraction of sp³-hybridized carbons (Fsp3) is 0.611. The quantitative estimate of drug-likeness (QED) is 0.0169. The molecule has 0 aromatic heterocycles. The molecule has 5 unspecified atom stereocenters. The fourth-order valence-electron chi connectivity index (χ4n) is 9.45. The van der Waals surface area contributed by atoms with Crippen LogP contribution in [0.15, 0.2) is 72.8 Å². The third-order valence-corrected chi connectivity index (χ3v) is 14.5. The van der Waals surface area contributed by atoms with Crippen molar-refractivity contribution in [1.29, 1.82) is 5.41 Å². The monoisotopic (exact) mass is 1170 g/mol. The first-order valence-electron chi connectivity index (χ1n) is 26.7. The van der Waals surface area contributed by atoms with Crippen molar-refractivity contribution < 1.29 is 77.9 Å². The molecule has 2 fully saturated rings. The first-order valence-corrected chi connectivity index (χ1v) is 27.6. The number of nitrogens with zero attached hydrogens (tertiary/aromatic N) is 2. The van der Waals surface area contributed by atoms with Crippen LogP contribution in [0, 0.1) is 42.9 Å². The van der Waals surface area contributed by atoms with Gasteiger partial charge in [-0.1, -0.05) is 37.7 Å². The van der Waals surface area contributed by atoms with E-state index in [2.05, 4.69) is 33.2 Å². The number of aliphatic hydroxyl groups excluding tert-OH is 4. The van der Waals surface area contributed by atoms with Crippen molar-refractivity contribution in [1.82, 2.24) is 26.6 Å². The van der Waals surface area contributed by atoms with E-state index in [0.717, 1.165) is 11.8 Å². The Morgan fingerprint density at radius 2 is 1.48 bits per heavy atom. The second kappa shape index (κ2) is 29.0. The summed E-state index contributed by atoms with van der Waals surface area (Å²) in [5, 5.41) is 90.5. The average molecular weight is 1170 g/mol. The van der Waals surface area contributed by atoms with Crippen LogP contribution in [0.5, 0.6) is 0 Å². The van der Waals surface area contributed by atoms with E-state index >= 15 is 0 Å². The molecule has 82 heavy (non-hydrogen) atoms. The van der Waals surface area contributed by atoms with Crippen molar-refractivity contribution >= 4 is 52.2 Å².